The third kappa shape index (κ3) is 2.88. The van der Waals surface area contributed by atoms with Crippen LogP contribution in [-0.2, 0) is 9.59 Å². The summed E-state index contributed by atoms with van der Waals surface area (Å²) in [6.07, 6.45) is -0.0603. The fraction of sp³-hybridized carbons (Fsp3) is 0.143. The Balaban J connectivity index is 1.55. The molecule has 5 rings (SSSR count). The zero-order valence-electron chi connectivity index (χ0n) is 15.8. The molecule has 9 heteroatoms. The van der Waals surface area contributed by atoms with Gasteiger partial charge in [0.25, 0.3) is 5.56 Å². The molecule has 150 valence electrons. The van der Waals surface area contributed by atoms with Gasteiger partial charge in [0.05, 0.1) is 27.4 Å². The molecule has 1 N–H and O–H groups in total. The second-order valence-electron chi connectivity index (χ2n) is 7.06. The molecule has 0 bridgehead atoms. The van der Waals surface area contributed by atoms with E-state index in [0.29, 0.717) is 27.1 Å². The Labute approximate surface area is 179 Å². The number of rotatable bonds is 3. The molecule has 1 aliphatic rings. The average molecular weight is 439 g/mol. The molecule has 7 nitrogen and oxygen atoms in total. The molecule has 0 radical (unpaired) electrons. The van der Waals surface area contributed by atoms with Crippen LogP contribution in [0.2, 0.25) is 5.02 Å². The summed E-state index contributed by atoms with van der Waals surface area (Å²) in [6, 6.07) is 14.1. The van der Waals surface area contributed by atoms with Crippen LogP contribution < -0.4 is 10.5 Å². The largest absolute Gasteiger partial charge is 0.293 e. The fourth-order valence-electron chi connectivity index (χ4n) is 3.78. The second kappa shape index (κ2) is 6.93. The lowest BCUT2D eigenvalue weighted by atomic mass is 9.98. The van der Waals surface area contributed by atoms with Crippen LogP contribution in [0.1, 0.15) is 23.6 Å². The lowest BCUT2D eigenvalue weighted by molar-refractivity contribution is -0.121. The number of thiazole rings is 1. The Kier molecular flexibility index (Phi) is 4.34. The van der Waals surface area contributed by atoms with Crippen LogP contribution in [0, 0.1) is 6.92 Å². The molecule has 1 aliphatic heterocycles. The first-order valence-electron chi connectivity index (χ1n) is 9.24. The highest BCUT2D eigenvalue weighted by atomic mass is 35.5. The number of aromatic nitrogens is 3. The number of hydrogen-bond donors (Lipinski definition) is 1. The van der Waals surface area contributed by atoms with Crippen molar-refractivity contribution in [1.82, 2.24) is 14.8 Å². The second-order valence-corrected chi connectivity index (χ2v) is 8.50. The van der Waals surface area contributed by atoms with Gasteiger partial charge in [-0.3, -0.25) is 24.4 Å². The molecule has 1 saturated heterocycles. The average Bonchev–Trinajstić information content (AvgIpc) is 3.36. The van der Waals surface area contributed by atoms with Gasteiger partial charge >= 0.3 is 0 Å². The maximum atomic E-state index is 13.2. The van der Waals surface area contributed by atoms with Crippen LogP contribution in [0.4, 0.5) is 5.69 Å². The van der Waals surface area contributed by atoms with Gasteiger partial charge in [-0.15, -0.1) is 0 Å². The van der Waals surface area contributed by atoms with Crippen molar-refractivity contribution in [3.05, 3.63) is 75.2 Å². The highest BCUT2D eigenvalue weighted by molar-refractivity contribution is 7.20. The Hall–Kier alpha value is -3.23. The number of carbonyl (C=O) groups is 2. The van der Waals surface area contributed by atoms with E-state index in [-0.39, 0.29) is 17.9 Å². The summed E-state index contributed by atoms with van der Waals surface area (Å²) in [5.41, 5.74) is 1.71. The molecule has 0 saturated carbocycles. The molecule has 0 spiro atoms. The number of benzene rings is 2. The summed E-state index contributed by atoms with van der Waals surface area (Å²) in [4.78, 5) is 44.5. The molecule has 3 heterocycles. The molecule has 2 aromatic carbocycles. The van der Waals surface area contributed by atoms with Crippen molar-refractivity contribution in [3.8, 4) is 5.13 Å². The number of imide groups is 1. The van der Waals surface area contributed by atoms with Crippen molar-refractivity contribution >= 4 is 50.7 Å². The van der Waals surface area contributed by atoms with Crippen LogP contribution >= 0.6 is 22.9 Å². The summed E-state index contributed by atoms with van der Waals surface area (Å²) in [7, 11) is 0. The van der Waals surface area contributed by atoms with E-state index >= 15 is 0 Å². The third-order valence-electron chi connectivity index (χ3n) is 5.17. The molecule has 2 amide bonds. The van der Waals surface area contributed by atoms with E-state index in [9.17, 15) is 14.4 Å². The highest BCUT2D eigenvalue weighted by Crippen LogP contribution is 2.34. The van der Waals surface area contributed by atoms with Gasteiger partial charge in [0.15, 0.2) is 0 Å². The summed E-state index contributed by atoms with van der Waals surface area (Å²) < 4.78 is 2.30. The molecule has 1 atom stereocenters. The van der Waals surface area contributed by atoms with Gasteiger partial charge in [0.2, 0.25) is 16.9 Å². The van der Waals surface area contributed by atoms with E-state index in [0.717, 1.165) is 15.1 Å². The van der Waals surface area contributed by atoms with E-state index in [2.05, 4.69) is 10.1 Å². The van der Waals surface area contributed by atoms with Crippen LogP contribution in [-0.4, -0.2) is 26.6 Å². The molecule has 1 unspecified atom stereocenters. The van der Waals surface area contributed by atoms with Gasteiger partial charge < -0.3 is 0 Å². The number of para-hydroxylation sites is 1. The van der Waals surface area contributed by atoms with Crippen molar-refractivity contribution in [2.45, 2.75) is 19.3 Å². The molecule has 2 aromatic heterocycles. The number of fused-ring (bicyclic) bond motifs is 1. The van der Waals surface area contributed by atoms with Crippen molar-refractivity contribution < 1.29 is 9.59 Å². The van der Waals surface area contributed by atoms with Gasteiger partial charge in [-0.25, -0.2) is 4.98 Å². The van der Waals surface area contributed by atoms with E-state index < -0.39 is 11.8 Å². The van der Waals surface area contributed by atoms with Crippen LogP contribution in [0.15, 0.2) is 53.3 Å². The molecule has 0 aliphatic carbocycles. The van der Waals surface area contributed by atoms with Gasteiger partial charge in [0, 0.05) is 17.1 Å². The monoisotopic (exact) mass is 438 g/mol. The molecule has 30 heavy (non-hydrogen) atoms. The number of carbonyl (C=O) groups excluding carboxylic acids is 2. The first-order chi connectivity index (χ1) is 14.4. The Bertz CT molecular complexity index is 1340. The normalized spacial score (nSPS) is 16.7. The van der Waals surface area contributed by atoms with Crippen LogP contribution in [0.25, 0.3) is 15.3 Å². The Morgan fingerprint density at radius 3 is 2.57 bits per heavy atom. The number of aryl methyl sites for hydroxylation is 1. The molecule has 4 aromatic rings. The van der Waals surface area contributed by atoms with Gasteiger partial charge in [0.1, 0.15) is 0 Å². The summed E-state index contributed by atoms with van der Waals surface area (Å²) in [5.74, 6) is -1.61. The predicted octanol–water partition coefficient (Wildman–Crippen LogP) is 3.78. The van der Waals surface area contributed by atoms with Gasteiger partial charge in [-0.1, -0.05) is 35.1 Å². The zero-order chi connectivity index (χ0) is 21.0. The van der Waals surface area contributed by atoms with Gasteiger partial charge in [-0.05, 0) is 43.3 Å². The van der Waals surface area contributed by atoms with Crippen molar-refractivity contribution in [2.24, 2.45) is 0 Å². The SMILES string of the molecule is Cc1[nH]n(-c2nc3ccccc3s2)c(=O)c1C1CC(=O)N(c2ccc(Cl)cc2)C1=O. The molecular weight excluding hydrogens is 424 g/mol. The highest BCUT2D eigenvalue weighted by Gasteiger charge is 2.43. The van der Waals surface area contributed by atoms with Crippen molar-refractivity contribution in [1.29, 1.82) is 0 Å². The summed E-state index contributed by atoms with van der Waals surface area (Å²) >= 11 is 7.28. The number of H-pyrrole nitrogens is 1. The first-order valence-corrected chi connectivity index (χ1v) is 10.4. The van der Waals surface area contributed by atoms with E-state index in [1.165, 1.54) is 16.0 Å². The zero-order valence-corrected chi connectivity index (χ0v) is 17.3. The van der Waals surface area contributed by atoms with Crippen molar-refractivity contribution in [3.63, 3.8) is 0 Å². The van der Waals surface area contributed by atoms with E-state index in [1.54, 1.807) is 31.2 Å². The molecule has 1 fully saturated rings. The lowest BCUT2D eigenvalue weighted by Gasteiger charge is -2.14. The third-order valence-corrected chi connectivity index (χ3v) is 6.44. The minimum Gasteiger partial charge on any atom is -0.293 e. The predicted molar refractivity (Wildman–Crippen MR) is 116 cm³/mol. The number of nitrogens with zero attached hydrogens (tertiary/aromatic N) is 3. The van der Waals surface area contributed by atoms with E-state index in [4.69, 9.17) is 11.6 Å². The smallest absolute Gasteiger partial charge is 0.277 e. The number of halogens is 1. The lowest BCUT2D eigenvalue weighted by Crippen LogP contribution is -2.31. The maximum Gasteiger partial charge on any atom is 0.277 e. The fourth-order valence-corrected chi connectivity index (χ4v) is 4.83. The standard InChI is InChI=1S/C21H15ClN4O3S/c1-11-18(14-10-17(27)25(19(14)28)13-8-6-12(22)7-9-13)20(29)26(24-11)21-23-15-4-2-3-5-16(15)30-21/h2-9,14,24H,10H2,1H3. The summed E-state index contributed by atoms with van der Waals surface area (Å²) in [5, 5.41) is 4.01. The molecular formula is C21H15ClN4O3S. The maximum absolute atomic E-state index is 13.2. The Morgan fingerprint density at radius 2 is 1.83 bits per heavy atom. The quantitative estimate of drug-likeness (QED) is 0.493. The number of aromatic amines is 1. The summed E-state index contributed by atoms with van der Waals surface area (Å²) in [6.45, 7) is 1.73. The number of anilines is 1. The topological polar surface area (TPSA) is 88.1 Å². The van der Waals surface area contributed by atoms with E-state index in [1.807, 2.05) is 24.3 Å². The van der Waals surface area contributed by atoms with Crippen LogP contribution in [0.5, 0.6) is 0 Å². The number of hydrogen-bond acceptors (Lipinski definition) is 5. The first kappa shape index (κ1) is 18.8. The number of amides is 2. The van der Waals surface area contributed by atoms with Gasteiger partial charge in [-0.2, -0.15) is 4.68 Å². The minimum atomic E-state index is -0.840. The number of nitrogens with one attached hydrogen (secondary N) is 1. The van der Waals surface area contributed by atoms with Crippen molar-refractivity contribution in [2.75, 3.05) is 4.90 Å². The van der Waals surface area contributed by atoms with Crippen LogP contribution in [0.3, 0.4) is 0 Å². The Morgan fingerprint density at radius 1 is 1.10 bits per heavy atom. The minimum absolute atomic E-state index is 0.0603.